The molecule has 6 nitrogen and oxygen atoms in total. The maximum absolute atomic E-state index is 10.7. The van der Waals surface area contributed by atoms with Crippen LogP contribution in [0.3, 0.4) is 0 Å². The van der Waals surface area contributed by atoms with Gasteiger partial charge in [-0.25, -0.2) is 0 Å². The summed E-state index contributed by atoms with van der Waals surface area (Å²) in [6.07, 6.45) is 0.719. The smallest absolute Gasteiger partial charge is 0.255 e. The Bertz CT molecular complexity index is 410. The Hall–Kier alpha value is -1.79. The molecule has 19 heavy (non-hydrogen) atoms. The summed E-state index contributed by atoms with van der Waals surface area (Å²) >= 11 is 0. The van der Waals surface area contributed by atoms with Gasteiger partial charge in [-0.3, -0.25) is 4.79 Å². The third-order valence-corrected chi connectivity index (χ3v) is 2.44. The molecular formula is C13H20N2O4. The molecule has 1 aromatic rings. The average Bonchev–Trinajstić information content (AvgIpc) is 2.41. The molecule has 0 unspecified atom stereocenters. The number of primary amides is 1. The average molecular weight is 268 g/mol. The lowest BCUT2D eigenvalue weighted by molar-refractivity contribution is -0.119. The fourth-order valence-corrected chi connectivity index (χ4v) is 1.53. The second-order valence-electron chi connectivity index (χ2n) is 3.99. The lowest BCUT2D eigenvalue weighted by Gasteiger charge is -2.11. The fraction of sp³-hybridized carbons (Fsp3) is 0.462. The molecule has 0 spiro atoms. The van der Waals surface area contributed by atoms with E-state index in [1.807, 2.05) is 12.1 Å². The Labute approximate surface area is 112 Å². The molecule has 1 rings (SSSR count). The highest BCUT2D eigenvalue weighted by atomic mass is 16.5. The van der Waals surface area contributed by atoms with E-state index in [4.69, 9.17) is 20.3 Å². The van der Waals surface area contributed by atoms with Gasteiger partial charge in [-0.1, -0.05) is 6.07 Å². The highest BCUT2D eigenvalue weighted by Gasteiger charge is 2.07. The Kier molecular flexibility index (Phi) is 6.70. The standard InChI is InChI=1S/C13H20N2O4/c1-18-12-7-10(8-15-5-2-6-16)3-4-11(12)19-9-13(14)17/h3-4,7,15-16H,2,5-6,8-9H2,1H3,(H2,14,17). The first kappa shape index (κ1) is 15.3. The summed E-state index contributed by atoms with van der Waals surface area (Å²) in [5, 5.41) is 11.9. The number of benzene rings is 1. The van der Waals surface area contributed by atoms with Crippen LogP contribution in [0.4, 0.5) is 0 Å². The predicted octanol–water partition coefficient (Wildman–Crippen LogP) is 0.0313. The zero-order chi connectivity index (χ0) is 14.1. The first-order valence-electron chi connectivity index (χ1n) is 6.07. The van der Waals surface area contributed by atoms with E-state index in [1.54, 1.807) is 6.07 Å². The number of nitrogens with two attached hydrogens (primary N) is 1. The van der Waals surface area contributed by atoms with Gasteiger partial charge in [0.1, 0.15) is 0 Å². The maximum Gasteiger partial charge on any atom is 0.255 e. The molecule has 0 saturated heterocycles. The van der Waals surface area contributed by atoms with Gasteiger partial charge in [0.15, 0.2) is 18.1 Å². The van der Waals surface area contributed by atoms with Crippen LogP contribution in [0.5, 0.6) is 11.5 Å². The fourth-order valence-electron chi connectivity index (χ4n) is 1.53. The third kappa shape index (κ3) is 5.58. The minimum atomic E-state index is -0.531. The van der Waals surface area contributed by atoms with Crippen LogP contribution in [0.1, 0.15) is 12.0 Å². The monoisotopic (exact) mass is 268 g/mol. The largest absolute Gasteiger partial charge is 0.493 e. The van der Waals surface area contributed by atoms with Gasteiger partial charge in [0.25, 0.3) is 5.91 Å². The van der Waals surface area contributed by atoms with E-state index in [0.29, 0.717) is 18.0 Å². The number of hydrogen-bond acceptors (Lipinski definition) is 5. The first-order chi connectivity index (χ1) is 9.17. The summed E-state index contributed by atoms with van der Waals surface area (Å²) in [5.74, 6) is 0.514. The lowest BCUT2D eigenvalue weighted by atomic mass is 10.2. The Morgan fingerprint density at radius 3 is 2.84 bits per heavy atom. The quantitative estimate of drug-likeness (QED) is 0.549. The molecule has 0 bridgehead atoms. The van der Waals surface area contributed by atoms with Crippen molar-refractivity contribution in [3.63, 3.8) is 0 Å². The number of carbonyl (C=O) groups is 1. The SMILES string of the molecule is COc1cc(CNCCCO)ccc1OCC(N)=O. The summed E-state index contributed by atoms with van der Waals surface area (Å²) < 4.78 is 10.4. The van der Waals surface area contributed by atoms with Gasteiger partial charge in [-0.2, -0.15) is 0 Å². The van der Waals surface area contributed by atoms with Crippen LogP contribution in [0.25, 0.3) is 0 Å². The van der Waals surface area contributed by atoms with Gasteiger partial charge >= 0.3 is 0 Å². The Morgan fingerprint density at radius 1 is 1.42 bits per heavy atom. The first-order valence-corrected chi connectivity index (χ1v) is 6.07. The second kappa shape index (κ2) is 8.34. The molecule has 1 amide bonds. The topological polar surface area (TPSA) is 93.8 Å². The van der Waals surface area contributed by atoms with Gasteiger partial charge in [-0.05, 0) is 30.7 Å². The number of aliphatic hydroxyl groups excluding tert-OH is 1. The van der Waals surface area contributed by atoms with Gasteiger partial charge in [0, 0.05) is 13.2 Å². The van der Waals surface area contributed by atoms with Crippen LogP contribution in [-0.2, 0) is 11.3 Å². The van der Waals surface area contributed by atoms with Crippen LogP contribution in [0.2, 0.25) is 0 Å². The van der Waals surface area contributed by atoms with E-state index in [9.17, 15) is 4.79 Å². The number of amides is 1. The molecule has 4 N–H and O–H groups in total. The zero-order valence-electron chi connectivity index (χ0n) is 11.0. The van der Waals surface area contributed by atoms with Crippen molar-refractivity contribution >= 4 is 5.91 Å². The summed E-state index contributed by atoms with van der Waals surface area (Å²) in [6.45, 7) is 1.42. The summed E-state index contributed by atoms with van der Waals surface area (Å²) in [5.41, 5.74) is 6.05. The molecular weight excluding hydrogens is 248 g/mol. The number of methoxy groups -OCH3 is 1. The van der Waals surface area contributed by atoms with Gasteiger partial charge in [0.05, 0.1) is 7.11 Å². The maximum atomic E-state index is 10.7. The van der Waals surface area contributed by atoms with Crippen molar-refractivity contribution in [2.75, 3.05) is 26.9 Å². The number of nitrogens with one attached hydrogen (secondary N) is 1. The zero-order valence-corrected chi connectivity index (χ0v) is 11.0. The van der Waals surface area contributed by atoms with Crippen molar-refractivity contribution in [3.05, 3.63) is 23.8 Å². The second-order valence-corrected chi connectivity index (χ2v) is 3.99. The molecule has 106 valence electrons. The number of hydrogen-bond donors (Lipinski definition) is 3. The number of ether oxygens (including phenoxy) is 2. The van der Waals surface area contributed by atoms with Crippen LogP contribution < -0.4 is 20.5 Å². The normalized spacial score (nSPS) is 10.2. The number of rotatable bonds is 9. The molecule has 0 radical (unpaired) electrons. The molecule has 0 atom stereocenters. The summed E-state index contributed by atoms with van der Waals surface area (Å²) in [4.78, 5) is 10.7. The lowest BCUT2D eigenvalue weighted by Crippen LogP contribution is -2.20. The van der Waals surface area contributed by atoms with Crippen molar-refractivity contribution in [1.82, 2.24) is 5.32 Å². The molecule has 0 aliphatic rings. The predicted molar refractivity (Wildman–Crippen MR) is 71.1 cm³/mol. The van der Waals surface area contributed by atoms with Crippen LogP contribution >= 0.6 is 0 Å². The van der Waals surface area contributed by atoms with Crippen LogP contribution in [0, 0.1) is 0 Å². The number of aliphatic hydroxyl groups is 1. The van der Waals surface area contributed by atoms with Crippen molar-refractivity contribution in [1.29, 1.82) is 0 Å². The van der Waals surface area contributed by atoms with E-state index in [2.05, 4.69) is 5.32 Å². The van der Waals surface area contributed by atoms with Crippen molar-refractivity contribution in [2.45, 2.75) is 13.0 Å². The third-order valence-electron chi connectivity index (χ3n) is 2.44. The van der Waals surface area contributed by atoms with E-state index in [1.165, 1.54) is 7.11 Å². The minimum absolute atomic E-state index is 0.176. The van der Waals surface area contributed by atoms with Gasteiger partial charge < -0.3 is 25.6 Å². The van der Waals surface area contributed by atoms with Crippen molar-refractivity contribution in [2.24, 2.45) is 5.73 Å². The highest BCUT2D eigenvalue weighted by Crippen LogP contribution is 2.27. The molecule has 0 aliphatic carbocycles. The van der Waals surface area contributed by atoms with E-state index in [-0.39, 0.29) is 13.2 Å². The van der Waals surface area contributed by atoms with E-state index >= 15 is 0 Å². The van der Waals surface area contributed by atoms with Crippen LogP contribution in [-0.4, -0.2) is 37.9 Å². The Morgan fingerprint density at radius 2 is 2.21 bits per heavy atom. The molecule has 6 heteroatoms. The molecule has 0 aromatic heterocycles. The summed E-state index contributed by atoms with van der Waals surface area (Å²) in [7, 11) is 1.54. The Balaban J connectivity index is 2.59. The molecule has 0 aliphatic heterocycles. The van der Waals surface area contributed by atoms with Gasteiger partial charge in [-0.15, -0.1) is 0 Å². The minimum Gasteiger partial charge on any atom is -0.493 e. The molecule has 0 heterocycles. The molecule has 1 aromatic carbocycles. The molecule has 0 fully saturated rings. The van der Waals surface area contributed by atoms with Crippen molar-refractivity contribution in [3.8, 4) is 11.5 Å². The highest BCUT2D eigenvalue weighted by molar-refractivity contribution is 5.75. The van der Waals surface area contributed by atoms with Crippen LogP contribution in [0.15, 0.2) is 18.2 Å². The summed E-state index contributed by atoms with van der Waals surface area (Å²) in [6, 6.07) is 5.46. The van der Waals surface area contributed by atoms with E-state index in [0.717, 1.165) is 18.5 Å². The van der Waals surface area contributed by atoms with E-state index < -0.39 is 5.91 Å². The van der Waals surface area contributed by atoms with Gasteiger partial charge in [0.2, 0.25) is 0 Å². The van der Waals surface area contributed by atoms with Crippen molar-refractivity contribution < 1.29 is 19.4 Å². The number of carbonyl (C=O) groups excluding carboxylic acids is 1. The molecule has 0 saturated carbocycles.